The summed E-state index contributed by atoms with van der Waals surface area (Å²) < 4.78 is 0. The van der Waals surface area contributed by atoms with Crippen LogP contribution in [-0.4, -0.2) is 33.3 Å². The Bertz CT molecular complexity index is 493. The molecule has 0 atom stereocenters. The van der Waals surface area contributed by atoms with Gasteiger partial charge in [-0.25, -0.2) is 0 Å². The molecule has 1 aromatic rings. The maximum atomic E-state index is 10.8. The molecule has 0 aliphatic carbocycles. The van der Waals surface area contributed by atoms with E-state index < -0.39 is 0 Å². The molecule has 1 heterocycles. The van der Waals surface area contributed by atoms with Crippen LogP contribution in [0.1, 0.15) is 5.56 Å². The second-order valence-corrected chi connectivity index (χ2v) is 4.23. The second-order valence-electron chi connectivity index (χ2n) is 3.27. The van der Waals surface area contributed by atoms with E-state index in [2.05, 4.69) is 15.5 Å². The fourth-order valence-corrected chi connectivity index (χ4v) is 1.85. The van der Waals surface area contributed by atoms with Crippen LogP contribution in [0.4, 0.5) is 0 Å². The molecule has 1 amide bonds. The van der Waals surface area contributed by atoms with Gasteiger partial charge in [0.05, 0.1) is 12.0 Å². The average molecular weight is 251 g/mol. The molecule has 1 fully saturated rings. The lowest BCUT2D eigenvalue weighted by Crippen LogP contribution is -2.19. The van der Waals surface area contributed by atoms with E-state index in [0.29, 0.717) is 16.5 Å². The van der Waals surface area contributed by atoms with E-state index in [1.807, 2.05) is 0 Å². The van der Waals surface area contributed by atoms with Gasteiger partial charge in [0.15, 0.2) is 5.17 Å². The number of amidine groups is 1. The Hall–Kier alpha value is -2.02. The number of rotatable bonds is 2. The van der Waals surface area contributed by atoms with Crippen LogP contribution in [0.15, 0.2) is 28.4 Å². The Morgan fingerprint density at radius 3 is 2.59 bits per heavy atom. The van der Waals surface area contributed by atoms with Crippen LogP contribution in [0.25, 0.3) is 0 Å². The van der Waals surface area contributed by atoms with Crippen LogP contribution in [0.3, 0.4) is 0 Å². The molecule has 0 spiro atoms. The number of hydrogen-bond donors (Lipinski definition) is 3. The van der Waals surface area contributed by atoms with Crippen molar-refractivity contribution in [3.63, 3.8) is 0 Å². The molecular formula is C10H9N3O3S. The third-order valence-electron chi connectivity index (χ3n) is 1.87. The summed E-state index contributed by atoms with van der Waals surface area (Å²) in [5, 5.41) is 28.9. The van der Waals surface area contributed by atoms with E-state index in [1.54, 1.807) is 0 Å². The first-order valence-electron chi connectivity index (χ1n) is 4.70. The fourth-order valence-electron chi connectivity index (χ4n) is 1.22. The van der Waals surface area contributed by atoms with E-state index in [0.717, 1.165) is 0 Å². The molecule has 0 saturated carbocycles. The minimum atomic E-state index is -0.0982. The number of nitrogens with zero attached hydrogens (tertiary/aromatic N) is 2. The second kappa shape index (κ2) is 4.88. The molecule has 1 aromatic carbocycles. The smallest absolute Gasteiger partial charge is 0.236 e. The van der Waals surface area contributed by atoms with Crippen LogP contribution in [0, 0.1) is 0 Å². The van der Waals surface area contributed by atoms with Gasteiger partial charge in [0.25, 0.3) is 0 Å². The molecule has 2 rings (SSSR count). The van der Waals surface area contributed by atoms with Gasteiger partial charge >= 0.3 is 0 Å². The number of nitrogens with one attached hydrogen (secondary N) is 1. The average Bonchev–Trinajstić information content (AvgIpc) is 2.63. The predicted octanol–water partition coefficient (Wildman–Crippen LogP) is 0.651. The molecule has 0 unspecified atom stereocenters. The van der Waals surface area contributed by atoms with Crippen LogP contribution in [-0.2, 0) is 4.79 Å². The highest BCUT2D eigenvalue weighted by atomic mass is 32.2. The zero-order chi connectivity index (χ0) is 12.3. The first kappa shape index (κ1) is 11.5. The Kier molecular flexibility index (Phi) is 3.29. The highest BCUT2D eigenvalue weighted by molar-refractivity contribution is 8.15. The normalized spacial score (nSPS) is 17.9. The van der Waals surface area contributed by atoms with Crippen LogP contribution in [0.2, 0.25) is 0 Å². The van der Waals surface area contributed by atoms with Crippen molar-refractivity contribution in [3.8, 4) is 11.5 Å². The summed E-state index contributed by atoms with van der Waals surface area (Å²) in [4.78, 5) is 10.8. The number of phenols is 2. The minimum absolute atomic E-state index is 0.0531. The number of phenolic OH excluding ortho intramolecular Hbond substituents is 2. The quantitative estimate of drug-likeness (QED) is 0.531. The summed E-state index contributed by atoms with van der Waals surface area (Å²) in [5.41, 5.74) is 0.515. The maximum Gasteiger partial charge on any atom is 0.236 e. The van der Waals surface area contributed by atoms with Crippen molar-refractivity contribution < 1.29 is 15.0 Å². The van der Waals surface area contributed by atoms with Gasteiger partial charge in [0, 0.05) is 11.6 Å². The minimum Gasteiger partial charge on any atom is -0.508 e. The first-order valence-corrected chi connectivity index (χ1v) is 5.69. The van der Waals surface area contributed by atoms with E-state index >= 15 is 0 Å². The van der Waals surface area contributed by atoms with E-state index in [9.17, 15) is 15.0 Å². The van der Waals surface area contributed by atoms with Gasteiger partial charge in [-0.1, -0.05) is 11.8 Å². The summed E-state index contributed by atoms with van der Waals surface area (Å²) in [6.45, 7) is 0. The van der Waals surface area contributed by atoms with Gasteiger partial charge in [-0.3, -0.25) is 4.79 Å². The molecule has 6 nitrogen and oxygen atoms in total. The number of thioether (sulfide) groups is 1. The Labute approximate surface area is 101 Å². The highest BCUT2D eigenvalue weighted by Gasteiger charge is 2.15. The summed E-state index contributed by atoms with van der Waals surface area (Å²) in [6.07, 6.45) is 1.37. The van der Waals surface area contributed by atoms with Crippen molar-refractivity contribution in [2.45, 2.75) is 0 Å². The van der Waals surface area contributed by atoms with Crippen LogP contribution < -0.4 is 5.32 Å². The number of carbonyl (C=O) groups is 1. The lowest BCUT2D eigenvalue weighted by atomic mass is 10.2. The Morgan fingerprint density at radius 2 is 2.00 bits per heavy atom. The maximum absolute atomic E-state index is 10.8. The van der Waals surface area contributed by atoms with Gasteiger partial charge in [-0.15, -0.1) is 5.10 Å². The third-order valence-corrected chi connectivity index (χ3v) is 2.73. The Morgan fingerprint density at radius 1 is 1.29 bits per heavy atom. The number of aromatic hydroxyl groups is 2. The lowest BCUT2D eigenvalue weighted by Gasteiger charge is -1.96. The van der Waals surface area contributed by atoms with Crippen molar-refractivity contribution >= 4 is 29.1 Å². The van der Waals surface area contributed by atoms with Crippen molar-refractivity contribution in [1.82, 2.24) is 5.32 Å². The number of hydrogen-bond acceptors (Lipinski definition) is 6. The summed E-state index contributed by atoms with van der Waals surface area (Å²) in [7, 11) is 0. The monoisotopic (exact) mass is 251 g/mol. The van der Waals surface area contributed by atoms with Crippen LogP contribution in [0.5, 0.6) is 11.5 Å². The first-order chi connectivity index (χ1) is 8.13. The topological polar surface area (TPSA) is 94.3 Å². The van der Waals surface area contributed by atoms with E-state index in [1.165, 1.54) is 36.2 Å². The lowest BCUT2D eigenvalue weighted by molar-refractivity contribution is -0.116. The largest absolute Gasteiger partial charge is 0.508 e. The van der Waals surface area contributed by atoms with Crippen molar-refractivity contribution in [3.05, 3.63) is 23.8 Å². The molecule has 17 heavy (non-hydrogen) atoms. The van der Waals surface area contributed by atoms with Crippen molar-refractivity contribution in [2.24, 2.45) is 10.2 Å². The summed E-state index contributed by atoms with van der Waals surface area (Å²) in [5.74, 6) is 0.144. The highest BCUT2D eigenvalue weighted by Crippen LogP contribution is 2.19. The molecule has 1 aliphatic rings. The van der Waals surface area contributed by atoms with Crippen LogP contribution >= 0.6 is 11.8 Å². The number of carbonyl (C=O) groups excluding carboxylic acids is 1. The van der Waals surface area contributed by atoms with Gasteiger partial charge < -0.3 is 15.5 Å². The van der Waals surface area contributed by atoms with Gasteiger partial charge in [0.1, 0.15) is 11.5 Å². The zero-order valence-corrected chi connectivity index (χ0v) is 9.44. The summed E-state index contributed by atoms with van der Waals surface area (Å²) >= 11 is 1.27. The Balaban J connectivity index is 2.07. The van der Waals surface area contributed by atoms with E-state index in [4.69, 9.17) is 0 Å². The fraction of sp³-hybridized carbons (Fsp3) is 0.100. The van der Waals surface area contributed by atoms with Crippen molar-refractivity contribution in [1.29, 1.82) is 0 Å². The molecular weight excluding hydrogens is 242 g/mol. The predicted molar refractivity (Wildman–Crippen MR) is 65.4 cm³/mol. The van der Waals surface area contributed by atoms with Gasteiger partial charge in [0.2, 0.25) is 5.91 Å². The molecule has 3 N–H and O–H groups in total. The van der Waals surface area contributed by atoms with E-state index in [-0.39, 0.29) is 17.4 Å². The summed E-state index contributed by atoms with van der Waals surface area (Å²) in [6, 6.07) is 4.09. The molecule has 0 aromatic heterocycles. The zero-order valence-electron chi connectivity index (χ0n) is 8.62. The standard InChI is InChI=1S/C10H9N3O3S/c14-7-1-6(2-8(15)3-7)4-11-13-10-12-9(16)5-17-10/h1-4,14-15H,5H2,(H,12,13,16). The van der Waals surface area contributed by atoms with Crippen molar-refractivity contribution in [2.75, 3.05) is 5.75 Å². The third kappa shape index (κ3) is 3.22. The molecule has 0 radical (unpaired) electrons. The molecule has 1 aliphatic heterocycles. The number of benzene rings is 1. The molecule has 88 valence electrons. The van der Waals surface area contributed by atoms with Gasteiger partial charge in [-0.2, -0.15) is 5.10 Å². The molecule has 7 heteroatoms. The number of amides is 1. The SMILES string of the molecule is O=C1CSC(=NN=Cc2cc(O)cc(O)c2)N1. The van der Waals surface area contributed by atoms with Gasteiger partial charge in [-0.05, 0) is 12.1 Å². The molecule has 0 bridgehead atoms. The molecule has 1 saturated heterocycles.